The molecule has 3 rings (SSSR count). The van der Waals surface area contributed by atoms with Gasteiger partial charge in [0.25, 0.3) is 6.08 Å². The number of halogens is 2. The molecule has 0 bridgehead atoms. The lowest BCUT2D eigenvalue weighted by Crippen LogP contribution is -2.11. The maximum Gasteiger partial charge on any atom is 0.274 e. The van der Waals surface area contributed by atoms with Crippen LogP contribution in [0, 0.1) is 0 Å². The number of rotatable bonds is 6. The molecule has 0 aliphatic carbocycles. The summed E-state index contributed by atoms with van der Waals surface area (Å²) in [5.74, 6) is -0.156. The summed E-state index contributed by atoms with van der Waals surface area (Å²) in [5.41, 5.74) is 4.95. The topological polar surface area (TPSA) is 3.24 Å². The molecule has 0 aliphatic heterocycles. The Balaban J connectivity index is 1.99. The Hall–Kier alpha value is -2.94. The van der Waals surface area contributed by atoms with Crippen LogP contribution in [0.15, 0.2) is 84.9 Å². The Bertz CT molecular complexity index is 1010. The van der Waals surface area contributed by atoms with Crippen LogP contribution in [0.2, 0.25) is 0 Å². The molecular weight excluding hydrogens is 388 g/mol. The fourth-order valence-corrected chi connectivity index (χ4v) is 3.80. The third kappa shape index (κ3) is 5.61. The van der Waals surface area contributed by atoms with Crippen LogP contribution in [0.4, 0.5) is 14.5 Å². The standard InChI is InChI=1S/C28H31F2N/c1-28(2,3)23-15-11-22(12-16-23)26(27(29)30)19-25(20-9-7-6-8-10-20)21-13-17-24(18-14-21)31(4)5/h6-18,25H,19H2,1-5H3. The third-order valence-corrected chi connectivity index (χ3v) is 5.75. The lowest BCUT2D eigenvalue weighted by atomic mass is 9.83. The average molecular weight is 420 g/mol. The minimum atomic E-state index is -1.62. The lowest BCUT2D eigenvalue weighted by Gasteiger charge is -2.22. The van der Waals surface area contributed by atoms with E-state index in [1.54, 1.807) is 0 Å². The molecule has 3 heteroatoms. The summed E-state index contributed by atoms with van der Waals surface area (Å²) in [5, 5.41) is 0. The Morgan fingerprint density at radius 2 is 1.32 bits per heavy atom. The van der Waals surface area contributed by atoms with Gasteiger partial charge in [-0.25, -0.2) is 0 Å². The summed E-state index contributed by atoms with van der Waals surface area (Å²) in [7, 11) is 3.98. The van der Waals surface area contributed by atoms with E-state index in [0.717, 1.165) is 22.4 Å². The van der Waals surface area contributed by atoms with Crippen molar-refractivity contribution in [1.82, 2.24) is 0 Å². The molecule has 0 aliphatic rings. The average Bonchev–Trinajstić information content (AvgIpc) is 2.74. The molecule has 1 nitrogen and oxygen atoms in total. The molecule has 31 heavy (non-hydrogen) atoms. The first-order valence-electron chi connectivity index (χ1n) is 10.6. The number of hydrogen-bond acceptors (Lipinski definition) is 1. The Labute approximate surface area is 185 Å². The van der Waals surface area contributed by atoms with Crippen molar-refractivity contribution in [2.45, 2.75) is 38.5 Å². The highest BCUT2D eigenvalue weighted by molar-refractivity contribution is 5.68. The summed E-state index contributed by atoms with van der Waals surface area (Å²) in [4.78, 5) is 2.03. The molecule has 0 saturated heterocycles. The van der Waals surface area contributed by atoms with Crippen molar-refractivity contribution in [2.75, 3.05) is 19.0 Å². The van der Waals surface area contributed by atoms with Crippen molar-refractivity contribution in [3.05, 3.63) is 107 Å². The smallest absolute Gasteiger partial charge is 0.274 e. The monoisotopic (exact) mass is 419 g/mol. The first-order chi connectivity index (χ1) is 14.7. The second kappa shape index (κ2) is 9.47. The Morgan fingerprint density at radius 1 is 0.774 bits per heavy atom. The summed E-state index contributed by atoms with van der Waals surface area (Å²) in [6, 6.07) is 25.6. The molecule has 162 valence electrons. The van der Waals surface area contributed by atoms with Crippen LogP contribution in [0.3, 0.4) is 0 Å². The van der Waals surface area contributed by atoms with E-state index in [-0.39, 0.29) is 23.3 Å². The SMILES string of the molecule is CN(C)c1ccc(C(CC(=C(F)F)c2ccc(C(C)(C)C)cc2)c2ccccc2)cc1. The van der Waals surface area contributed by atoms with E-state index in [4.69, 9.17) is 0 Å². The maximum absolute atomic E-state index is 14.2. The molecule has 0 saturated carbocycles. The van der Waals surface area contributed by atoms with E-state index in [0.29, 0.717) is 5.56 Å². The van der Waals surface area contributed by atoms with Crippen molar-refractivity contribution in [3.63, 3.8) is 0 Å². The van der Waals surface area contributed by atoms with Gasteiger partial charge in [-0.1, -0.05) is 87.5 Å². The molecule has 0 aromatic heterocycles. The largest absolute Gasteiger partial charge is 0.378 e. The summed E-state index contributed by atoms with van der Waals surface area (Å²) in [6.07, 6.45) is -1.38. The zero-order chi connectivity index (χ0) is 22.6. The first kappa shape index (κ1) is 22.7. The van der Waals surface area contributed by atoms with E-state index in [9.17, 15) is 8.78 Å². The number of allylic oxidation sites excluding steroid dienone is 1. The van der Waals surface area contributed by atoms with E-state index < -0.39 is 6.08 Å². The van der Waals surface area contributed by atoms with E-state index in [2.05, 4.69) is 20.8 Å². The predicted molar refractivity (Wildman–Crippen MR) is 128 cm³/mol. The second-order valence-corrected chi connectivity index (χ2v) is 9.22. The zero-order valence-electron chi connectivity index (χ0n) is 19.0. The molecular formula is C28H31F2N. The molecule has 0 N–H and O–H groups in total. The molecule has 3 aromatic carbocycles. The maximum atomic E-state index is 14.2. The zero-order valence-corrected chi connectivity index (χ0v) is 19.0. The highest BCUT2D eigenvalue weighted by atomic mass is 19.3. The van der Waals surface area contributed by atoms with Crippen LogP contribution in [0.1, 0.15) is 55.4 Å². The minimum absolute atomic E-state index is 0.0164. The highest BCUT2D eigenvalue weighted by Gasteiger charge is 2.21. The Kier molecular flexibility index (Phi) is 6.94. The fraction of sp³-hybridized carbons (Fsp3) is 0.286. The number of anilines is 1. The predicted octanol–water partition coefficient (Wildman–Crippen LogP) is 7.88. The van der Waals surface area contributed by atoms with Gasteiger partial charge < -0.3 is 4.90 Å². The first-order valence-corrected chi connectivity index (χ1v) is 10.6. The van der Waals surface area contributed by atoms with Crippen LogP contribution in [0.5, 0.6) is 0 Å². The van der Waals surface area contributed by atoms with Gasteiger partial charge in [-0.3, -0.25) is 0 Å². The highest BCUT2D eigenvalue weighted by Crippen LogP contribution is 2.37. The van der Waals surface area contributed by atoms with Crippen molar-refractivity contribution in [1.29, 1.82) is 0 Å². The lowest BCUT2D eigenvalue weighted by molar-refractivity contribution is 0.422. The van der Waals surface area contributed by atoms with Crippen molar-refractivity contribution in [3.8, 4) is 0 Å². The summed E-state index contributed by atoms with van der Waals surface area (Å²) in [6.45, 7) is 6.37. The molecule has 0 fully saturated rings. The van der Waals surface area contributed by atoms with Gasteiger partial charge in [0.2, 0.25) is 0 Å². The summed E-state index contributed by atoms with van der Waals surface area (Å²) >= 11 is 0. The number of hydrogen-bond donors (Lipinski definition) is 0. The van der Waals surface area contributed by atoms with Gasteiger partial charge in [0, 0.05) is 31.3 Å². The van der Waals surface area contributed by atoms with Gasteiger partial charge >= 0.3 is 0 Å². The molecule has 0 heterocycles. The minimum Gasteiger partial charge on any atom is -0.378 e. The van der Waals surface area contributed by atoms with Crippen LogP contribution in [-0.2, 0) is 5.41 Å². The number of benzene rings is 3. The molecule has 0 amide bonds. The van der Waals surface area contributed by atoms with Crippen LogP contribution in [0.25, 0.3) is 5.57 Å². The van der Waals surface area contributed by atoms with Crippen molar-refractivity contribution < 1.29 is 8.78 Å². The van der Waals surface area contributed by atoms with E-state index in [1.807, 2.05) is 97.9 Å². The quantitative estimate of drug-likeness (QED) is 0.393. The van der Waals surface area contributed by atoms with Crippen LogP contribution >= 0.6 is 0 Å². The molecule has 3 aromatic rings. The van der Waals surface area contributed by atoms with Gasteiger partial charge in [0.05, 0.1) is 0 Å². The van der Waals surface area contributed by atoms with Crippen molar-refractivity contribution >= 4 is 11.3 Å². The fourth-order valence-electron chi connectivity index (χ4n) is 3.80. The van der Waals surface area contributed by atoms with Crippen LogP contribution in [-0.4, -0.2) is 14.1 Å². The second-order valence-electron chi connectivity index (χ2n) is 9.22. The third-order valence-electron chi connectivity index (χ3n) is 5.75. The number of nitrogens with zero attached hydrogens (tertiary/aromatic N) is 1. The molecule has 0 radical (unpaired) electrons. The summed E-state index contributed by atoms with van der Waals surface area (Å²) < 4.78 is 28.3. The normalized spacial score (nSPS) is 12.4. The van der Waals surface area contributed by atoms with Gasteiger partial charge in [-0.05, 0) is 46.2 Å². The molecule has 0 spiro atoms. The van der Waals surface area contributed by atoms with Gasteiger partial charge in [0.1, 0.15) is 0 Å². The van der Waals surface area contributed by atoms with Crippen molar-refractivity contribution in [2.24, 2.45) is 0 Å². The van der Waals surface area contributed by atoms with E-state index in [1.165, 1.54) is 0 Å². The molecule has 1 unspecified atom stereocenters. The van der Waals surface area contributed by atoms with E-state index >= 15 is 0 Å². The van der Waals surface area contributed by atoms with Gasteiger partial charge in [0.15, 0.2) is 0 Å². The molecule has 1 atom stereocenters. The van der Waals surface area contributed by atoms with Gasteiger partial charge in [-0.2, -0.15) is 8.78 Å². The van der Waals surface area contributed by atoms with Crippen LogP contribution < -0.4 is 4.90 Å². The van der Waals surface area contributed by atoms with Gasteiger partial charge in [-0.15, -0.1) is 0 Å². The Morgan fingerprint density at radius 3 is 1.81 bits per heavy atom.